The lowest BCUT2D eigenvalue weighted by atomic mass is 10.1. The molecule has 0 aliphatic carbocycles. The minimum Gasteiger partial charge on any atom is -0.461 e. The molecule has 1 heterocycles. The predicted octanol–water partition coefficient (Wildman–Crippen LogP) is 4.21. The number of nitrogens with zero attached hydrogens (tertiary/aromatic N) is 2. The number of rotatable bonds is 6. The van der Waals surface area contributed by atoms with E-state index in [9.17, 15) is 4.79 Å². The summed E-state index contributed by atoms with van der Waals surface area (Å²) in [6, 6.07) is 6.25. The van der Waals surface area contributed by atoms with E-state index in [0.29, 0.717) is 24.6 Å². The van der Waals surface area contributed by atoms with Gasteiger partial charge >= 0.3 is 5.97 Å². The second-order valence-electron chi connectivity index (χ2n) is 5.89. The van der Waals surface area contributed by atoms with Gasteiger partial charge in [-0.25, -0.2) is 9.78 Å². The Labute approximate surface area is 143 Å². The van der Waals surface area contributed by atoms with E-state index in [2.05, 4.69) is 37.0 Å². The van der Waals surface area contributed by atoms with Crippen molar-refractivity contribution >= 4 is 5.97 Å². The van der Waals surface area contributed by atoms with E-state index in [0.717, 1.165) is 22.5 Å². The van der Waals surface area contributed by atoms with Gasteiger partial charge in [0, 0.05) is 12.2 Å². The highest BCUT2D eigenvalue weighted by Gasteiger charge is 2.26. The predicted molar refractivity (Wildman–Crippen MR) is 94.2 cm³/mol. The molecule has 130 valence electrons. The molecule has 0 saturated carbocycles. The molecule has 24 heavy (non-hydrogen) atoms. The van der Waals surface area contributed by atoms with E-state index in [1.54, 1.807) is 6.92 Å². The molecule has 0 fully saturated rings. The molecule has 1 unspecified atom stereocenters. The van der Waals surface area contributed by atoms with Gasteiger partial charge in [-0.1, -0.05) is 17.2 Å². The van der Waals surface area contributed by atoms with Gasteiger partial charge in [0.25, 0.3) is 0 Å². The van der Waals surface area contributed by atoms with E-state index < -0.39 is 0 Å². The quantitative estimate of drug-likeness (QED) is 0.745. The fraction of sp³-hybridized carbons (Fsp3) is 0.474. The Morgan fingerprint density at radius 3 is 2.29 bits per heavy atom. The lowest BCUT2D eigenvalue weighted by Crippen LogP contribution is -2.19. The molecule has 1 atom stereocenters. The Kier molecular flexibility index (Phi) is 5.78. The Balaban J connectivity index is 2.66. The molecule has 0 saturated heterocycles. The topological polar surface area (TPSA) is 53.3 Å². The summed E-state index contributed by atoms with van der Waals surface area (Å²) in [4.78, 5) is 17.1. The minimum absolute atomic E-state index is 0.313. The van der Waals surface area contributed by atoms with Crippen LogP contribution < -0.4 is 0 Å². The van der Waals surface area contributed by atoms with Gasteiger partial charge in [0.1, 0.15) is 12.1 Å². The average molecular weight is 330 g/mol. The van der Waals surface area contributed by atoms with Gasteiger partial charge in [-0.05, 0) is 53.7 Å². The highest BCUT2D eigenvalue weighted by molar-refractivity contribution is 5.90. The zero-order valence-electron chi connectivity index (χ0n) is 15.3. The number of esters is 1. The van der Waals surface area contributed by atoms with Gasteiger partial charge < -0.3 is 9.47 Å². The fourth-order valence-electron chi connectivity index (χ4n) is 2.97. The maximum atomic E-state index is 12.4. The summed E-state index contributed by atoms with van der Waals surface area (Å²) < 4.78 is 12.8. The number of hydrogen-bond donors (Lipinski definition) is 0. The van der Waals surface area contributed by atoms with Crippen molar-refractivity contribution in [3.05, 3.63) is 40.7 Å². The Morgan fingerprint density at radius 1 is 1.12 bits per heavy atom. The number of aryl methyl sites for hydroxylation is 3. The van der Waals surface area contributed by atoms with Crippen LogP contribution in [0.4, 0.5) is 0 Å². The van der Waals surface area contributed by atoms with Gasteiger partial charge in [0.15, 0.2) is 5.69 Å². The number of carbonyl (C=O) groups is 1. The maximum absolute atomic E-state index is 12.4. The third-order valence-electron chi connectivity index (χ3n) is 3.81. The standard InChI is InChI=1S/C19H26N2O3/c1-7-23-15(6)21-17(19(22)24-8-2)14(5)20-18(21)16-10-12(3)9-13(4)11-16/h9-11,15H,7-8H2,1-6H3. The van der Waals surface area contributed by atoms with E-state index in [1.165, 1.54) is 0 Å². The van der Waals surface area contributed by atoms with Crippen LogP contribution in [0.1, 0.15) is 54.3 Å². The van der Waals surface area contributed by atoms with Gasteiger partial charge in [0.2, 0.25) is 0 Å². The number of aromatic nitrogens is 2. The average Bonchev–Trinajstić information content (AvgIpc) is 2.84. The highest BCUT2D eigenvalue weighted by Crippen LogP contribution is 2.29. The second-order valence-corrected chi connectivity index (χ2v) is 5.89. The fourth-order valence-corrected chi connectivity index (χ4v) is 2.97. The van der Waals surface area contributed by atoms with Crippen molar-refractivity contribution in [2.24, 2.45) is 0 Å². The van der Waals surface area contributed by atoms with Gasteiger partial charge in [-0.2, -0.15) is 0 Å². The normalized spacial score (nSPS) is 12.2. The number of hydrogen-bond acceptors (Lipinski definition) is 4. The lowest BCUT2D eigenvalue weighted by molar-refractivity contribution is 0.0195. The largest absolute Gasteiger partial charge is 0.461 e. The molecule has 0 amide bonds. The highest BCUT2D eigenvalue weighted by atomic mass is 16.5. The van der Waals surface area contributed by atoms with Crippen LogP contribution in [0.2, 0.25) is 0 Å². The lowest BCUT2D eigenvalue weighted by Gasteiger charge is -2.19. The zero-order chi connectivity index (χ0) is 17.9. The molecule has 0 aliphatic rings. The van der Waals surface area contributed by atoms with Gasteiger partial charge in [-0.15, -0.1) is 0 Å². The van der Waals surface area contributed by atoms with Crippen molar-refractivity contribution in [3.8, 4) is 11.4 Å². The summed E-state index contributed by atoms with van der Waals surface area (Å²) in [5.74, 6) is 0.355. The van der Waals surface area contributed by atoms with E-state index >= 15 is 0 Å². The third-order valence-corrected chi connectivity index (χ3v) is 3.81. The Morgan fingerprint density at radius 2 is 1.75 bits per heavy atom. The summed E-state index contributed by atoms with van der Waals surface area (Å²) in [7, 11) is 0. The van der Waals surface area contributed by atoms with Crippen LogP contribution in [0.15, 0.2) is 18.2 Å². The zero-order valence-corrected chi connectivity index (χ0v) is 15.3. The monoisotopic (exact) mass is 330 g/mol. The summed E-state index contributed by atoms with van der Waals surface area (Å²) in [6.45, 7) is 12.4. The molecule has 1 aromatic carbocycles. The molecule has 0 spiro atoms. The summed E-state index contributed by atoms with van der Waals surface area (Å²) in [5.41, 5.74) is 4.37. The first-order valence-corrected chi connectivity index (χ1v) is 8.35. The van der Waals surface area contributed by atoms with Gasteiger partial charge in [0.05, 0.1) is 12.3 Å². The van der Waals surface area contributed by atoms with Crippen molar-refractivity contribution < 1.29 is 14.3 Å². The molecule has 0 radical (unpaired) electrons. The smallest absolute Gasteiger partial charge is 0.356 e. The van der Waals surface area contributed by atoms with Crippen LogP contribution >= 0.6 is 0 Å². The minimum atomic E-state index is -0.371. The van der Waals surface area contributed by atoms with Crippen LogP contribution in [0.3, 0.4) is 0 Å². The van der Waals surface area contributed by atoms with Crippen molar-refractivity contribution in [1.82, 2.24) is 9.55 Å². The van der Waals surface area contributed by atoms with E-state index in [1.807, 2.05) is 25.3 Å². The molecule has 2 aromatic rings. The Bertz CT molecular complexity index is 714. The number of benzene rings is 1. The summed E-state index contributed by atoms with van der Waals surface area (Å²) in [5, 5.41) is 0. The summed E-state index contributed by atoms with van der Waals surface area (Å²) >= 11 is 0. The van der Waals surface area contributed by atoms with Crippen LogP contribution in [0.5, 0.6) is 0 Å². The molecule has 5 nitrogen and oxygen atoms in total. The first-order valence-electron chi connectivity index (χ1n) is 8.35. The molecule has 0 N–H and O–H groups in total. The Hall–Kier alpha value is -2.14. The van der Waals surface area contributed by atoms with Crippen LogP contribution in [0.25, 0.3) is 11.4 Å². The van der Waals surface area contributed by atoms with Crippen molar-refractivity contribution in [2.45, 2.75) is 47.8 Å². The molecule has 0 bridgehead atoms. The first-order chi connectivity index (χ1) is 11.4. The second kappa shape index (κ2) is 7.62. The molecule has 5 heteroatoms. The van der Waals surface area contributed by atoms with Crippen molar-refractivity contribution in [3.63, 3.8) is 0 Å². The van der Waals surface area contributed by atoms with Gasteiger partial charge in [-0.3, -0.25) is 4.57 Å². The SMILES string of the molecule is CCOC(=O)c1c(C)nc(-c2cc(C)cc(C)c2)n1C(C)OCC. The first kappa shape index (κ1) is 18.2. The summed E-state index contributed by atoms with van der Waals surface area (Å²) in [6.07, 6.45) is -0.313. The van der Waals surface area contributed by atoms with Crippen molar-refractivity contribution in [2.75, 3.05) is 13.2 Å². The van der Waals surface area contributed by atoms with E-state index in [-0.39, 0.29) is 12.2 Å². The van der Waals surface area contributed by atoms with Crippen LogP contribution in [-0.4, -0.2) is 28.7 Å². The van der Waals surface area contributed by atoms with Crippen molar-refractivity contribution in [1.29, 1.82) is 0 Å². The van der Waals surface area contributed by atoms with Crippen LogP contribution in [0, 0.1) is 20.8 Å². The van der Waals surface area contributed by atoms with Crippen LogP contribution in [-0.2, 0) is 9.47 Å². The number of ether oxygens (including phenoxy) is 2. The number of carbonyl (C=O) groups excluding carboxylic acids is 1. The third kappa shape index (κ3) is 3.67. The molecule has 2 rings (SSSR count). The molecular formula is C19H26N2O3. The molecule has 1 aromatic heterocycles. The number of imidazole rings is 1. The molecular weight excluding hydrogens is 304 g/mol. The van der Waals surface area contributed by atoms with E-state index in [4.69, 9.17) is 9.47 Å². The maximum Gasteiger partial charge on any atom is 0.356 e. The molecule has 0 aliphatic heterocycles.